The molecule has 1 heterocycles. The van der Waals surface area contributed by atoms with Crippen LogP contribution in [0.3, 0.4) is 0 Å². The highest BCUT2D eigenvalue weighted by Gasteiger charge is 2.29. The molecule has 0 spiro atoms. The quantitative estimate of drug-likeness (QED) is 0.542. The number of esters is 1. The van der Waals surface area contributed by atoms with Gasteiger partial charge in [0.15, 0.2) is 18.2 Å². The largest absolute Gasteiger partial charge is 0.451 e. The number of amides is 1. The van der Waals surface area contributed by atoms with Gasteiger partial charge in [-0.1, -0.05) is 24.3 Å². The van der Waals surface area contributed by atoms with Gasteiger partial charge in [-0.25, -0.2) is 4.79 Å². The highest BCUT2D eigenvalue weighted by molar-refractivity contribution is 6.28. The number of aromatic nitrogens is 1. The monoisotopic (exact) mass is 388 g/mol. The van der Waals surface area contributed by atoms with Crippen LogP contribution >= 0.6 is 0 Å². The van der Waals surface area contributed by atoms with Crippen LogP contribution in [-0.2, 0) is 16.6 Å². The fourth-order valence-corrected chi connectivity index (χ4v) is 3.25. The van der Waals surface area contributed by atoms with E-state index in [0.717, 1.165) is 0 Å². The SMILES string of the molecule is Cn1cccc1C(=O)OCC(=O)Nc1ccc2c(c1)C(=O)c1ccccc1C2=O. The number of ether oxygens (including phenoxy) is 1. The number of benzene rings is 2. The Bertz CT molecular complexity index is 1180. The summed E-state index contributed by atoms with van der Waals surface area (Å²) in [5.74, 6) is -1.68. The second-order valence-corrected chi connectivity index (χ2v) is 6.59. The van der Waals surface area contributed by atoms with Crippen LogP contribution in [0.5, 0.6) is 0 Å². The van der Waals surface area contributed by atoms with Crippen molar-refractivity contribution in [2.24, 2.45) is 7.05 Å². The Morgan fingerprint density at radius 1 is 0.897 bits per heavy atom. The van der Waals surface area contributed by atoms with Crippen molar-refractivity contribution in [1.82, 2.24) is 4.57 Å². The zero-order valence-electron chi connectivity index (χ0n) is 15.5. The van der Waals surface area contributed by atoms with Crippen molar-refractivity contribution >= 4 is 29.1 Å². The molecule has 1 aromatic heterocycles. The molecule has 29 heavy (non-hydrogen) atoms. The van der Waals surface area contributed by atoms with E-state index in [1.165, 1.54) is 18.2 Å². The molecule has 144 valence electrons. The summed E-state index contributed by atoms with van der Waals surface area (Å²) in [6, 6.07) is 14.4. The standard InChI is InChI=1S/C22H16N2O5/c1-24-10-4-7-18(24)22(28)29-12-19(25)23-13-8-9-16-17(11-13)21(27)15-6-3-2-5-14(15)20(16)26/h2-11H,12H2,1H3,(H,23,25). The molecule has 0 atom stereocenters. The minimum absolute atomic E-state index is 0.229. The Labute approximate surface area is 165 Å². The normalized spacial score (nSPS) is 12.2. The van der Waals surface area contributed by atoms with Gasteiger partial charge in [-0.05, 0) is 30.3 Å². The molecule has 1 aliphatic rings. The molecule has 0 saturated heterocycles. The van der Waals surface area contributed by atoms with Crippen LogP contribution < -0.4 is 5.32 Å². The fraction of sp³-hybridized carbons (Fsp3) is 0.0909. The maximum Gasteiger partial charge on any atom is 0.355 e. The van der Waals surface area contributed by atoms with Gasteiger partial charge in [-0.2, -0.15) is 0 Å². The van der Waals surface area contributed by atoms with Gasteiger partial charge in [0, 0.05) is 41.2 Å². The zero-order chi connectivity index (χ0) is 20.5. The third-order valence-electron chi connectivity index (χ3n) is 4.70. The summed E-state index contributed by atoms with van der Waals surface area (Å²) in [7, 11) is 1.69. The van der Waals surface area contributed by atoms with E-state index in [1.54, 1.807) is 54.2 Å². The highest BCUT2D eigenvalue weighted by atomic mass is 16.5. The first-order valence-electron chi connectivity index (χ1n) is 8.86. The summed E-state index contributed by atoms with van der Waals surface area (Å²) in [6.45, 7) is -0.475. The Balaban J connectivity index is 1.47. The number of hydrogen-bond donors (Lipinski definition) is 1. The second-order valence-electron chi connectivity index (χ2n) is 6.59. The van der Waals surface area contributed by atoms with Crippen molar-refractivity contribution in [2.75, 3.05) is 11.9 Å². The maximum absolute atomic E-state index is 12.7. The molecule has 0 radical (unpaired) electrons. The zero-order valence-corrected chi connectivity index (χ0v) is 15.5. The van der Waals surface area contributed by atoms with E-state index in [1.807, 2.05) is 0 Å². The summed E-state index contributed by atoms with van der Waals surface area (Å²) < 4.78 is 6.59. The molecular formula is C22H16N2O5. The Morgan fingerprint density at radius 2 is 1.55 bits per heavy atom. The van der Waals surface area contributed by atoms with Gasteiger partial charge in [-0.3, -0.25) is 14.4 Å². The summed E-state index contributed by atoms with van der Waals surface area (Å²) in [4.78, 5) is 49.4. The summed E-state index contributed by atoms with van der Waals surface area (Å²) in [5.41, 5.74) is 1.90. The highest BCUT2D eigenvalue weighted by Crippen LogP contribution is 2.29. The van der Waals surface area contributed by atoms with Gasteiger partial charge in [-0.15, -0.1) is 0 Å². The molecular weight excluding hydrogens is 372 g/mol. The van der Waals surface area contributed by atoms with Crippen LogP contribution in [-0.4, -0.2) is 34.6 Å². The summed E-state index contributed by atoms with van der Waals surface area (Å²) in [6.07, 6.45) is 1.69. The first-order chi connectivity index (χ1) is 14.0. The molecule has 1 amide bonds. The number of nitrogens with one attached hydrogen (secondary N) is 1. The fourth-order valence-electron chi connectivity index (χ4n) is 3.25. The lowest BCUT2D eigenvalue weighted by Crippen LogP contribution is -2.23. The Hall–Kier alpha value is -4.00. The van der Waals surface area contributed by atoms with Crippen molar-refractivity contribution in [3.63, 3.8) is 0 Å². The molecule has 1 aliphatic carbocycles. The molecule has 3 aromatic rings. The lowest BCUT2D eigenvalue weighted by molar-refractivity contribution is -0.119. The average Bonchev–Trinajstić information content (AvgIpc) is 3.16. The third kappa shape index (κ3) is 3.34. The lowest BCUT2D eigenvalue weighted by Gasteiger charge is -2.18. The average molecular weight is 388 g/mol. The maximum atomic E-state index is 12.7. The summed E-state index contributed by atoms with van der Waals surface area (Å²) >= 11 is 0. The van der Waals surface area contributed by atoms with Gasteiger partial charge >= 0.3 is 5.97 Å². The van der Waals surface area contributed by atoms with Crippen LogP contribution in [0.4, 0.5) is 5.69 Å². The first kappa shape index (κ1) is 18.4. The number of fused-ring (bicyclic) bond motifs is 2. The van der Waals surface area contributed by atoms with E-state index in [9.17, 15) is 19.2 Å². The van der Waals surface area contributed by atoms with E-state index in [2.05, 4.69) is 5.32 Å². The number of aryl methyl sites for hydroxylation is 1. The summed E-state index contributed by atoms with van der Waals surface area (Å²) in [5, 5.41) is 2.58. The predicted octanol–water partition coefficient (Wildman–Crippen LogP) is 2.60. The van der Waals surface area contributed by atoms with Crippen LogP contribution in [0.25, 0.3) is 0 Å². The van der Waals surface area contributed by atoms with Crippen molar-refractivity contribution in [1.29, 1.82) is 0 Å². The number of nitrogens with zero attached hydrogens (tertiary/aromatic N) is 1. The first-order valence-corrected chi connectivity index (χ1v) is 8.86. The topological polar surface area (TPSA) is 94.5 Å². The van der Waals surface area contributed by atoms with Crippen LogP contribution in [0.1, 0.15) is 42.3 Å². The van der Waals surface area contributed by atoms with Gasteiger partial charge < -0.3 is 14.6 Å². The third-order valence-corrected chi connectivity index (χ3v) is 4.70. The van der Waals surface area contributed by atoms with Crippen molar-refractivity contribution in [3.8, 4) is 0 Å². The van der Waals surface area contributed by atoms with Gasteiger partial charge in [0.1, 0.15) is 5.69 Å². The molecule has 0 fully saturated rings. The molecule has 0 aliphatic heterocycles. The Kier molecular flexibility index (Phi) is 4.56. The van der Waals surface area contributed by atoms with Crippen molar-refractivity contribution in [3.05, 3.63) is 88.7 Å². The molecule has 0 unspecified atom stereocenters. The predicted molar refractivity (Wildman–Crippen MR) is 104 cm³/mol. The van der Waals surface area contributed by atoms with Crippen LogP contribution in [0.2, 0.25) is 0 Å². The lowest BCUT2D eigenvalue weighted by atomic mass is 9.84. The van der Waals surface area contributed by atoms with Crippen LogP contribution in [0, 0.1) is 0 Å². The van der Waals surface area contributed by atoms with Gasteiger partial charge in [0.05, 0.1) is 0 Å². The smallest absolute Gasteiger partial charge is 0.355 e. The number of hydrogen-bond acceptors (Lipinski definition) is 5. The second kappa shape index (κ2) is 7.20. The van der Waals surface area contributed by atoms with E-state index >= 15 is 0 Å². The molecule has 0 saturated carbocycles. The van der Waals surface area contributed by atoms with Crippen molar-refractivity contribution < 1.29 is 23.9 Å². The number of ketones is 2. The van der Waals surface area contributed by atoms with E-state index in [4.69, 9.17) is 4.74 Å². The minimum Gasteiger partial charge on any atom is -0.451 e. The molecule has 7 nitrogen and oxygen atoms in total. The number of carbonyl (C=O) groups is 4. The van der Waals surface area contributed by atoms with E-state index in [-0.39, 0.29) is 17.1 Å². The van der Waals surface area contributed by atoms with E-state index in [0.29, 0.717) is 28.1 Å². The molecule has 4 rings (SSSR count). The van der Waals surface area contributed by atoms with Crippen molar-refractivity contribution in [2.45, 2.75) is 0 Å². The molecule has 7 heteroatoms. The van der Waals surface area contributed by atoms with E-state index < -0.39 is 18.5 Å². The molecule has 0 bridgehead atoms. The minimum atomic E-state index is -0.615. The molecule has 1 N–H and O–H groups in total. The Morgan fingerprint density at radius 3 is 2.21 bits per heavy atom. The number of carbonyl (C=O) groups excluding carboxylic acids is 4. The molecule has 2 aromatic carbocycles. The number of rotatable bonds is 4. The van der Waals surface area contributed by atoms with Gasteiger partial charge in [0.2, 0.25) is 0 Å². The van der Waals surface area contributed by atoms with Gasteiger partial charge in [0.25, 0.3) is 5.91 Å². The number of anilines is 1. The van der Waals surface area contributed by atoms with Crippen LogP contribution in [0.15, 0.2) is 60.8 Å².